The molecule has 1 aliphatic rings. The van der Waals surface area contributed by atoms with E-state index in [0.29, 0.717) is 25.2 Å². The van der Waals surface area contributed by atoms with Crippen LogP contribution in [0.25, 0.3) is 11.1 Å². The zero-order valence-electron chi connectivity index (χ0n) is 17.2. The van der Waals surface area contributed by atoms with Crippen molar-refractivity contribution in [1.82, 2.24) is 14.7 Å². The van der Waals surface area contributed by atoms with E-state index in [1.165, 1.54) is 17.0 Å². The summed E-state index contributed by atoms with van der Waals surface area (Å²) in [5.74, 6) is -0.422. The summed E-state index contributed by atoms with van der Waals surface area (Å²) in [5.41, 5.74) is 1.48. The van der Waals surface area contributed by atoms with Crippen LogP contribution in [0.1, 0.15) is 39.4 Å². The van der Waals surface area contributed by atoms with Crippen molar-refractivity contribution in [3.05, 3.63) is 75.8 Å². The van der Waals surface area contributed by atoms with Crippen LogP contribution in [0.3, 0.4) is 0 Å². The van der Waals surface area contributed by atoms with Crippen molar-refractivity contribution in [2.45, 2.75) is 39.0 Å². The predicted molar refractivity (Wildman–Crippen MR) is 115 cm³/mol. The lowest BCUT2D eigenvalue weighted by Gasteiger charge is -2.33. The number of carbonyl (C=O) groups is 1. The first-order valence-electron chi connectivity index (χ1n) is 9.97. The molecule has 0 fully saturated rings. The Balaban J connectivity index is 1.89. The molecule has 1 unspecified atom stereocenters. The van der Waals surface area contributed by atoms with Gasteiger partial charge >= 0.3 is 6.18 Å². The first-order chi connectivity index (χ1) is 14.7. The molecule has 4 nitrogen and oxygen atoms in total. The standard InChI is InChI=1S/C23H22F3N3OS/c1-4-21(30)28-11-18(17-10-14(3)31-20(17)13-28)15-8-6-7-9-16(15)19-12-29(5-2)27-22(19)23(24,25)26/h4,6-10,12,18H,1,5,11,13H2,2-3H3. The van der Waals surface area contributed by atoms with Gasteiger partial charge in [-0.1, -0.05) is 30.8 Å². The lowest BCUT2D eigenvalue weighted by molar-refractivity contribution is -0.141. The number of halogens is 3. The predicted octanol–water partition coefficient (Wildman–Crippen LogP) is 5.62. The number of rotatable bonds is 4. The number of hydrogen-bond donors (Lipinski definition) is 0. The highest BCUT2D eigenvalue weighted by Crippen LogP contribution is 2.44. The van der Waals surface area contributed by atoms with Crippen molar-refractivity contribution in [2.24, 2.45) is 0 Å². The van der Waals surface area contributed by atoms with Gasteiger partial charge in [0.25, 0.3) is 0 Å². The van der Waals surface area contributed by atoms with Crippen LogP contribution in [-0.4, -0.2) is 27.1 Å². The Morgan fingerprint density at radius 1 is 1.29 bits per heavy atom. The molecule has 162 valence electrons. The number of hydrogen-bond acceptors (Lipinski definition) is 3. The van der Waals surface area contributed by atoms with Gasteiger partial charge in [-0.15, -0.1) is 11.3 Å². The maximum Gasteiger partial charge on any atom is 0.435 e. The van der Waals surface area contributed by atoms with Gasteiger partial charge in [0.15, 0.2) is 5.69 Å². The Bertz CT molecular complexity index is 1150. The molecule has 0 saturated carbocycles. The third-order valence-electron chi connectivity index (χ3n) is 5.54. The second-order valence-electron chi connectivity index (χ2n) is 7.54. The molecule has 0 radical (unpaired) electrons. The van der Waals surface area contributed by atoms with Crippen LogP contribution in [0.2, 0.25) is 0 Å². The fourth-order valence-electron chi connectivity index (χ4n) is 4.16. The van der Waals surface area contributed by atoms with Crippen molar-refractivity contribution in [2.75, 3.05) is 6.54 Å². The van der Waals surface area contributed by atoms with Crippen molar-refractivity contribution < 1.29 is 18.0 Å². The summed E-state index contributed by atoms with van der Waals surface area (Å²) in [7, 11) is 0. The zero-order chi connectivity index (χ0) is 22.3. The smallest absolute Gasteiger partial charge is 0.333 e. The number of alkyl halides is 3. The van der Waals surface area contributed by atoms with Crippen LogP contribution >= 0.6 is 11.3 Å². The summed E-state index contributed by atoms with van der Waals surface area (Å²) in [6.45, 7) is 8.54. The van der Waals surface area contributed by atoms with E-state index in [4.69, 9.17) is 0 Å². The van der Waals surface area contributed by atoms with Crippen LogP contribution in [0.15, 0.2) is 49.2 Å². The Hall–Kier alpha value is -2.87. The molecule has 0 bridgehead atoms. The average Bonchev–Trinajstić information content (AvgIpc) is 3.35. The molecule has 1 amide bonds. The number of fused-ring (bicyclic) bond motifs is 1. The summed E-state index contributed by atoms with van der Waals surface area (Å²) >= 11 is 1.61. The zero-order valence-corrected chi connectivity index (χ0v) is 18.1. The molecular formula is C23H22F3N3OS. The Labute approximate surface area is 182 Å². The van der Waals surface area contributed by atoms with Crippen LogP contribution < -0.4 is 0 Å². The van der Waals surface area contributed by atoms with Crippen molar-refractivity contribution in [3.63, 3.8) is 0 Å². The highest BCUT2D eigenvalue weighted by atomic mass is 32.1. The largest absolute Gasteiger partial charge is 0.435 e. The molecule has 4 rings (SSSR count). The summed E-state index contributed by atoms with van der Waals surface area (Å²) in [4.78, 5) is 16.3. The third-order valence-corrected chi connectivity index (χ3v) is 6.60. The molecule has 0 N–H and O–H groups in total. The van der Waals surface area contributed by atoms with Crippen molar-refractivity contribution >= 4 is 17.2 Å². The molecule has 0 spiro atoms. The van der Waals surface area contributed by atoms with Gasteiger partial charge in [0.05, 0.1) is 6.54 Å². The Morgan fingerprint density at radius 2 is 2.03 bits per heavy atom. The quantitative estimate of drug-likeness (QED) is 0.489. The highest BCUT2D eigenvalue weighted by Gasteiger charge is 2.39. The van der Waals surface area contributed by atoms with Crippen LogP contribution in [0, 0.1) is 6.92 Å². The van der Waals surface area contributed by atoms with E-state index in [1.54, 1.807) is 35.3 Å². The van der Waals surface area contributed by atoms with Gasteiger partial charge in [-0.25, -0.2) is 0 Å². The fourth-order valence-corrected chi connectivity index (χ4v) is 5.27. The topological polar surface area (TPSA) is 38.1 Å². The van der Waals surface area contributed by atoms with E-state index >= 15 is 0 Å². The van der Waals surface area contributed by atoms with Gasteiger partial charge < -0.3 is 4.90 Å². The number of thiophene rings is 1. The minimum atomic E-state index is -4.57. The second kappa shape index (κ2) is 8.00. The van der Waals surface area contributed by atoms with E-state index in [9.17, 15) is 18.0 Å². The van der Waals surface area contributed by atoms with E-state index in [2.05, 4.69) is 17.7 Å². The van der Waals surface area contributed by atoms with Gasteiger partial charge in [0, 0.05) is 40.5 Å². The van der Waals surface area contributed by atoms with E-state index in [-0.39, 0.29) is 17.4 Å². The maximum atomic E-state index is 13.8. The summed E-state index contributed by atoms with van der Waals surface area (Å²) in [6, 6.07) is 9.19. The van der Waals surface area contributed by atoms with Gasteiger partial charge in [0.1, 0.15) is 0 Å². The maximum absolute atomic E-state index is 13.8. The first kappa shape index (κ1) is 21.4. The number of amides is 1. The lowest BCUT2D eigenvalue weighted by atomic mass is 9.83. The van der Waals surface area contributed by atoms with Crippen molar-refractivity contribution in [3.8, 4) is 11.1 Å². The van der Waals surface area contributed by atoms with Gasteiger partial charge in [-0.05, 0) is 42.7 Å². The molecule has 1 aliphatic heterocycles. The molecule has 0 saturated heterocycles. The highest BCUT2D eigenvalue weighted by molar-refractivity contribution is 7.12. The first-order valence-corrected chi connectivity index (χ1v) is 10.8. The van der Waals surface area contributed by atoms with Gasteiger partial charge in [-0.3, -0.25) is 9.48 Å². The van der Waals surface area contributed by atoms with Crippen LogP contribution in [0.5, 0.6) is 0 Å². The van der Waals surface area contributed by atoms with Crippen LogP contribution in [-0.2, 0) is 24.1 Å². The third kappa shape index (κ3) is 3.92. The molecule has 3 heterocycles. The van der Waals surface area contributed by atoms with E-state index in [0.717, 1.165) is 20.9 Å². The minimum Gasteiger partial charge on any atom is -0.333 e. The SMILES string of the molecule is C=CC(=O)N1Cc2sc(C)cc2C(c2ccccc2-c2cn(CC)nc2C(F)(F)F)C1. The number of nitrogens with zero attached hydrogens (tertiary/aromatic N) is 3. The van der Waals surface area contributed by atoms with E-state index in [1.807, 2.05) is 19.1 Å². The normalized spacial score (nSPS) is 16.3. The number of aryl methyl sites for hydroxylation is 2. The fraction of sp³-hybridized carbons (Fsp3) is 0.304. The molecule has 8 heteroatoms. The molecule has 3 aromatic rings. The number of carbonyl (C=O) groups excluding carboxylic acids is 1. The molecule has 1 aromatic carbocycles. The Morgan fingerprint density at radius 3 is 2.71 bits per heavy atom. The second-order valence-corrected chi connectivity index (χ2v) is 8.88. The van der Waals surface area contributed by atoms with E-state index < -0.39 is 11.9 Å². The van der Waals surface area contributed by atoms with Gasteiger partial charge in [0.2, 0.25) is 5.91 Å². The summed E-state index contributed by atoms with van der Waals surface area (Å²) < 4.78 is 42.6. The van der Waals surface area contributed by atoms with Crippen LogP contribution in [0.4, 0.5) is 13.2 Å². The number of benzene rings is 1. The molecular weight excluding hydrogens is 423 g/mol. The molecule has 1 atom stereocenters. The monoisotopic (exact) mass is 445 g/mol. The molecule has 2 aromatic heterocycles. The van der Waals surface area contributed by atoms with Gasteiger partial charge in [-0.2, -0.15) is 18.3 Å². The summed E-state index contributed by atoms with van der Waals surface area (Å²) in [5, 5.41) is 3.78. The average molecular weight is 446 g/mol. The number of aromatic nitrogens is 2. The lowest BCUT2D eigenvalue weighted by Crippen LogP contribution is -2.37. The minimum absolute atomic E-state index is 0.0608. The Kier molecular flexibility index (Phi) is 5.51. The molecule has 31 heavy (non-hydrogen) atoms. The van der Waals surface area contributed by atoms with Crippen molar-refractivity contribution in [1.29, 1.82) is 0 Å². The molecule has 0 aliphatic carbocycles. The summed E-state index contributed by atoms with van der Waals surface area (Å²) in [6.07, 6.45) is -1.83.